The Morgan fingerprint density at radius 3 is 2.37 bits per heavy atom. The van der Waals surface area contributed by atoms with E-state index in [-0.39, 0.29) is 16.9 Å². The Labute approximate surface area is 116 Å². The van der Waals surface area contributed by atoms with Gasteiger partial charge in [-0.3, -0.25) is 0 Å². The van der Waals surface area contributed by atoms with Gasteiger partial charge in [0, 0.05) is 6.04 Å². The van der Waals surface area contributed by atoms with Gasteiger partial charge in [-0.05, 0) is 43.0 Å². The summed E-state index contributed by atoms with van der Waals surface area (Å²) in [6.45, 7) is 7.82. The number of ether oxygens (including phenoxy) is 1. The van der Waals surface area contributed by atoms with Gasteiger partial charge in [0.1, 0.15) is 5.75 Å². The van der Waals surface area contributed by atoms with E-state index in [2.05, 4.69) is 4.72 Å². The summed E-state index contributed by atoms with van der Waals surface area (Å²) < 4.78 is 32.4. The predicted molar refractivity (Wildman–Crippen MR) is 77.2 cm³/mol. The number of nitrogens with one attached hydrogen (secondary N) is 1. The average molecular weight is 285 g/mol. The van der Waals surface area contributed by atoms with Crippen molar-refractivity contribution >= 4 is 10.0 Å². The van der Waals surface area contributed by atoms with Crippen LogP contribution in [-0.2, 0) is 10.0 Å². The fourth-order valence-corrected chi connectivity index (χ4v) is 3.11. The number of methoxy groups -OCH3 is 1. The zero-order valence-corrected chi connectivity index (χ0v) is 13.0. The van der Waals surface area contributed by atoms with Gasteiger partial charge in [-0.2, -0.15) is 0 Å². The highest BCUT2D eigenvalue weighted by Crippen LogP contribution is 2.28. The molecule has 0 radical (unpaired) electrons. The lowest BCUT2D eigenvalue weighted by Gasteiger charge is -2.16. The summed E-state index contributed by atoms with van der Waals surface area (Å²) in [6.07, 6.45) is 0.756. The molecule has 1 aromatic rings. The number of sulfonamides is 1. The van der Waals surface area contributed by atoms with E-state index >= 15 is 0 Å². The van der Waals surface area contributed by atoms with Crippen molar-refractivity contribution < 1.29 is 13.2 Å². The first-order valence-corrected chi connectivity index (χ1v) is 8.00. The molecule has 1 N–H and O–H groups in total. The first kappa shape index (κ1) is 16.0. The molecule has 19 heavy (non-hydrogen) atoms. The highest BCUT2D eigenvalue weighted by Gasteiger charge is 2.19. The molecule has 0 aliphatic heterocycles. The Hall–Kier alpha value is -1.07. The maximum absolute atomic E-state index is 12.2. The first-order valence-electron chi connectivity index (χ1n) is 6.52. The standard InChI is InChI=1S/C14H23NO3S/c1-6-11(4)15-19(16,17)12-7-8-14(18-5)13(9-12)10(2)3/h7-11,15H,6H2,1-5H3. The lowest BCUT2D eigenvalue weighted by molar-refractivity contribution is 0.407. The lowest BCUT2D eigenvalue weighted by atomic mass is 10.0. The van der Waals surface area contributed by atoms with Gasteiger partial charge in [-0.25, -0.2) is 13.1 Å². The Bertz CT molecular complexity index is 523. The molecule has 5 heteroatoms. The van der Waals surface area contributed by atoms with Crippen LogP contribution in [0.1, 0.15) is 45.6 Å². The summed E-state index contributed by atoms with van der Waals surface area (Å²) in [5, 5.41) is 0. The van der Waals surface area contributed by atoms with E-state index in [1.807, 2.05) is 27.7 Å². The maximum Gasteiger partial charge on any atom is 0.240 e. The quantitative estimate of drug-likeness (QED) is 0.874. The molecule has 0 saturated carbocycles. The molecule has 1 aromatic carbocycles. The van der Waals surface area contributed by atoms with Crippen molar-refractivity contribution in [1.82, 2.24) is 4.72 Å². The number of benzene rings is 1. The van der Waals surface area contributed by atoms with E-state index in [0.29, 0.717) is 0 Å². The highest BCUT2D eigenvalue weighted by molar-refractivity contribution is 7.89. The molecule has 0 heterocycles. The van der Waals surface area contributed by atoms with E-state index in [0.717, 1.165) is 17.7 Å². The minimum Gasteiger partial charge on any atom is -0.496 e. The Kier molecular flexibility index (Phi) is 5.38. The summed E-state index contributed by atoms with van der Waals surface area (Å²) >= 11 is 0. The van der Waals surface area contributed by atoms with E-state index in [9.17, 15) is 8.42 Å². The second kappa shape index (κ2) is 6.39. The molecule has 0 spiro atoms. The highest BCUT2D eigenvalue weighted by atomic mass is 32.2. The van der Waals surface area contributed by atoms with Gasteiger partial charge in [-0.15, -0.1) is 0 Å². The van der Waals surface area contributed by atoms with Crippen molar-refractivity contribution in [2.45, 2.75) is 51.0 Å². The van der Waals surface area contributed by atoms with Crippen LogP contribution in [0.2, 0.25) is 0 Å². The van der Waals surface area contributed by atoms with Crippen LogP contribution in [0.3, 0.4) is 0 Å². The molecule has 0 aromatic heterocycles. The van der Waals surface area contributed by atoms with Crippen molar-refractivity contribution in [1.29, 1.82) is 0 Å². The largest absolute Gasteiger partial charge is 0.496 e. The third kappa shape index (κ3) is 3.94. The maximum atomic E-state index is 12.2. The normalized spacial score (nSPS) is 13.6. The molecule has 1 rings (SSSR count). The average Bonchev–Trinajstić information content (AvgIpc) is 2.37. The smallest absolute Gasteiger partial charge is 0.240 e. The van der Waals surface area contributed by atoms with Gasteiger partial charge in [0.05, 0.1) is 12.0 Å². The van der Waals surface area contributed by atoms with Crippen LogP contribution in [-0.4, -0.2) is 21.6 Å². The first-order chi connectivity index (χ1) is 8.81. The lowest BCUT2D eigenvalue weighted by Crippen LogP contribution is -2.32. The molecule has 0 bridgehead atoms. The molecule has 1 atom stereocenters. The van der Waals surface area contributed by atoms with Crippen molar-refractivity contribution in [2.75, 3.05) is 7.11 Å². The zero-order chi connectivity index (χ0) is 14.6. The predicted octanol–water partition coefficient (Wildman–Crippen LogP) is 2.90. The second-order valence-electron chi connectivity index (χ2n) is 4.99. The fourth-order valence-electron chi connectivity index (χ4n) is 1.75. The molecular weight excluding hydrogens is 262 g/mol. The van der Waals surface area contributed by atoms with E-state index in [4.69, 9.17) is 4.74 Å². The van der Waals surface area contributed by atoms with E-state index < -0.39 is 10.0 Å². The molecule has 0 fully saturated rings. The van der Waals surface area contributed by atoms with Crippen LogP contribution in [0, 0.1) is 0 Å². The van der Waals surface area contributed by atoms with Crippen LogP contribution in [0.4, 0.5) is 0 Å². The minimum atomic E-state index is -3.46. The van der Waals surface area contributed by atoms with Crippen LogP contribution in [0.5, 0.6) is 5.75 Å². The van der Waals surface area contributed by atoms with Gasteiger partial charge < -0.3 is 4.74 Å². The zero-order valence-electron chi connectivity index (χ0n) is 12.2. The van der Waals surface area contributed by atoms with Crippen molar-refractivity contribution in [3.8, 4) is 5.75 Å². The molecule has 4 nitrogen and oxygen atoms in total. The third-order valence-electron chi connectivity index (χ3n) is 3.10. The van der Waals surface area contributed by atoms with Gasteiger partial charge in [0.25, 0.3) is 0 Å². The molecule has 0 aliphatic rings. The Morgan fingerprint density at radius 2 is 1.89 bits per heavy atom. The van der Waals surface area contributed by atoms with Gasteiger partial charge in [0.2, 0.25) is 10.0 Å². The number of hydrogen-bond acceptors (Lipinski definition) is 3. The van der Waals surface area contributed by atoms with E-state index in [1.165, 1.54) is 0 Å². The minimum absolute atomic E-state index is 0.0744. The third-order valence-corrected chi connectivity index (χ3v) is 4.69. The summed E-state index contributed by atoms with van der Waals surface area (Å²) in [5.41, 5.74) is 0.898. The topological polar surface area (TPSA) is 55.4 Å². The summed E-state index contributed by atoms with van der Waals surface area (Å²) in [6, 6.07) is 4.90. The molecule has 0 saturated heterocycles. The number of hydrogen-bond donors (Lipinski definition) is 1. The molecule has 1 unspecified atom stereocenters. The van der Waals surface area contributed by atoms with Gasteiger partial charge in [0.15, 0.2) is 0 Å². The van der Waals surface area contributed by atoms with Crippen LogP contribution >= 0.6 is 0 Å². The Morgan fingerprint density at radius 1 is 1.26 bits per heavy atom. The monoisotopic (exact) mass is 285 g/mol. The molecule has 0 amide bonds. The summed E-state index contributed by atoms with van der Waals surface area (Å²) in [7, 11) is -1.87. The Balaban J connectivity index is 3.18. The second-order valence-corrected chi connectivity index (χ2v) is 6.70. The van der Waals surface area contributed by atoms with Crippen LogP contribution in [0.25, 0.3) is 0 Å². The van der Waals surface area contributed by atoms with Crippen LogP contribution in [0.15, 0.2) is 23.1 Å². The SMILES string of the molecule is CCC(C)NS(=O)(=O)c1ccc(OC)c(C(C)C)c1. The van der Waals surface area contributed by atoms with Crippen molar-refractivity contribution in [3.63, 3.8) is 0 Å². The van der Waals surface area contributed by atoms with E-state index in [1.54, 1.807) is 25.3 Å². The van der Waals surface area contributed by atoms with Crippen molar-refractivity contribution in [2.24, 2.45) is 0 Å². The molecule has 108 valence electrons. The molecule has 0 aliphatic carbocycles. The number of rotatable bonds is 6. The summed E-state index contributed by atoms with van der Waals surface area (Å²) in [5.74, 6) is 0.922. The summed E-state index contributed by atoms with van der Waals surface area (Å²) in [4.78, 5) is 0.289. The van der Waals surface area contributed by atoms with Crippen LogP contribution < -0.4 is 9.46 Å². The van der Waals surface area contributed by atoms with Gasteiger partial charge in [-0.1, -0.05) is 20.8 Å². The van der Waals surface area contributed by atoms with Gasteiger partial charge >= 0.3 is 0 Å². The van der Waals surface area contributed by atoms with Crippen molar-refractivity contribution in [3.05, 3.63) is 23.8 Å². The molecular formula is C14H23NO3S. The fraction of sp³-hybridized carbons (Fsp3) is 0.571.